The number of aromatic amines is 1. The fourth-order valence-electron chi connectivity index (χ4n) is 0.984. The lowest BCUT2D eigenvalue weighted by Crippen LogP contribution is -2.31. The number of hydrogen-bond acceptors (Lipinski definition) is 1. The van der Waals surface area contributed by atoms with Crippen molar-refractivity contribution in [1.82, 2.24) is 10.3 Å². The molecule has 0 aliphatic heterocycles. The molecule has 1 aromatic rings. The van der Waals surface area contributed by atoms with E-state index in [1.165, 1.54) is 0 Å². The zero-order valence-corrected chi connectivity index (χ0v) is 8.27. The molecule has 1 heterocycles. The highest BCUT2D eigenvalue weighted by Gasteiger charge is 2.07. The van der Waals surface area contributed by atoms with E-state index in [1.54, 1.807) is 6.92 Å². The van der Waals surface area contributed by atoms with Gasteiger partial charge in [-0.05, 0) is 19.1 Å². The maximum absolute atomic E-state index is 11.0. The normalized spacial score (nSPS) is 12.5. The number of aromatic nitrogens is 1. The molecule has 1 amide bonds. The number of halogens is 1. The number of alkyl halides is 1. The molecule has 0 fully saturated rings. The maximum Gasteiger partial charge on any atom is 0.237 e. The lowest BCUT2D eigenvalue weighted by atomic mass is 10.3. The minimum Gasteiger partial charge on any atom is -0.365 e. The smallest absolute Gasteiger partial charge is 0.237 e. The van der Waals surface area contributed by atoms with Gasteiger partial charge in [0, 0.05) is 24.9 Å². The van der Waals surface area contributed by atoms with Gasteiger partial charge in [-0.2, -0.15) is 0 Å². The van der Waals surface area contributed by atoms with Crippen molar-refractivity contribution in [1.29, 1.82) is 0 Å². The van der Waals surface area contributed by atoms with Crippen molar-refractivity contribution >= 4 is 17.5 Å². The van der Waals surface area contributed by atoms with E-state index in [4.69, 9.17) is 11.6 Å². The van der Waals surface area contributed by atoms with Crippen molar-refractivity contribution < 1.29 is 4.79 Å². The molecule has 2 N–H and O–H groups in total. The molecule has 1 rings (SSSR count). The van der Waals surface area contributed by atoms with E-state index in [9.17, 15) is 4.79 Å². The van der Waals surface area contributed by atoms with Gasteiger partial charge in [-0.25, -0.2) is 0 Å². The van der Waals surface area contributed by atoms with Crippen molar-refractivity contribution in [3.8, 4) is 0 Å². The summed E-state index contributed by atoms with van der Waals surface area (Å²) in [7, 11) is 0. The van der Waals surface area contributed by atoms with Crippen molar-refractivity contribution in [3.63, 3.8) is 0 Å². The Morgan fingerprint density at radius 1 is 1.77 bits per heavy atom. The second kappa shape index (κ2) is 4.92. The summed E-state index contributed by atoms with van der Waals surface area (Å²) in [5.74, 6) is -0.117. The molecule has 0 aliphatic rings. The molecule has 3 nitrogen and oxygen atoms in total. The minimum absolute atomic E-state index is 0.117. The number of hydrogen-bond donors (Lipinski definition) is 2. The summed E-state index contributed by atoms with van der Waals surface area (Å²) in [5.41, 5.74) is 1.11. The van der Waals surface area contributed by atoms with E-state index < -0.39 is 5.38 Å². The first-order chi connectivity index (χ1) is 6.20. The van der Waals surface area contributed by atoms with Gasteiger partial charge in [-0.3, -0.25) is 4.79 Å². The third-order valence-electron chi connectivity index (χ3n) is 1.72. The van der Waals surface area contributed by atoms with Crippen molar-refractivity contribution in [2.45, 2.75) is 18.7 Å². The second-order valence-electron chi connectivity index (χ2n) is 2.85. The summed E-state index contributed by atoms with van der Waals surface area (Å²) >= 11 is 5.57. The predicted octanol–water partition coefficient (Wildman–Crippen LogP) is 1.30. The molecule has 1 unspecified atom stereocenters. The zero-order chi connectivity index (χ0) is 9.68. The van der Waals surface area contributed by atoms with Gasteiger partial charge < -0.3 is 10.3 Å². The minimum atomic E-state index is -0.455. The standard InChI is InChI=1S/C9H13ClN2O/c1-7(10)9(13)12-6-4-8-3-2-5-11-8/h2-3,5,7,11H,4,6H2,1H3,(H,12,13). The third-order valence-corrected chi connectivity index (χ3v) is 1.92. The lowest BCUT2D eigenvalue weighted by Gasteiger charge is -2.04. The van der Waals surface area contributed by atoms with Crippen LogP contribution in [0, 0.1) is 0 Å². The van der Waals surface area contributed by atoms with Crippen LogP contribution in [0.1, 0.15) is 12.6 Å². The zero-order valence-electron chi connectivity index (χ0n) is 7.51. The SMILES string of the molecule is CC(Cl)C(=O)NCCc1ccc[nH]1. The summed E-state index contributed by atoms with van der Waals surface area (Å²) in [6.07, 6.45) is 2.67. The lowest BCUT2D eigenvalue weighted by molar-refractivity contribution is -0.120. The summed E-state index contributed by atoms with van der Waals surface area (Å²) in [6.45, 7) is 2.28. The number of carbonyl (C=O) groups excluding carboxylic acids is 1. The number of nitrogens with one attached hydrogen (secondary N) is 2. The number of amides is 1. The van der Waals surface area contributed by atoms with Gasteiger partial charge in [0.15, 0.2) is 0 Å². The highest BCUT2D eigenvalue weighted by atomic mass is 35.5. The summed E-state index contributed by atoms with van der Waals surface area (Å²) in [6, 6.07) is 3.91. The van der Waals surface area contributed by atoms with Crippen LogP contribution < -0.4 is 5.32 Å². The molecule has 13 heavy (non-hydrogen) atoms. The third kappa shape index (κ3) is 3.51. The summed E-state index contributed by atoms with van der Waals surface area (Å²) < 4.78 is 0. The molecule has 0 bridgehead atoms. The van der Waals surface area contributed by atoms with E-state index >= 15 is 0 Å². The largest absolute Gasteiger partial charge is 0.365 e. The number of carbonyl (C=O) groups is 1. The van der Waals surface area contributed by atoms with Gasteiger partial charge in [-0.1, -0.05) is 0 Å². The Kier molecular flexibility index (Phi) is 3.83. The van der Waals surface area contributed by atoms with Crippen LogP contribution in [0.25, 0.3) is 0 Å². The van der Waals surface area contributed by atoms with E-state index in [2.05, 4.69) is 10.3 Å². The Morgan fingerprint density at radius 2 is 2.54 bits per heavy atom. The Hall–Kier alpha value is -0.960. The van der Waals surface area contributed by atoms with E-state index in [0.29, 0.717) is 6.54 Å². The van der Waals surface area contributed by atoms with Crippen LogP contribution in [-0.2, 0) is 11.2 Å². The highest BCUT2D eigenvalue weighted by molar-refractivity contribution is 6.30. The molecule has 0 aliphatic carbocycles. The van der Waals surface area contributed by atoms with Crippen molar-refractivity contribution in [2.75, 3.05) is 6.54 Å². The summed E-state index contributed by atoms with van der Waals surface area (Å²) in [4.78, 5) is 14.1. The fraction of sp³-hybridized carbons (Fsp3) is 0.444. The molecule has 0 radical (unpaired) electrons. The van der Waals surface area contributed by atoms with Crippen molar-refractivity contribution in [2.24, 2.45) is 0 Å². The predicted molar refractivity (Wildman–Crippen MR) is 52.8 cm³/mol. The first-order valence-electron chi connectivity index (χ1n) is 4.24. The van der Waals surface area contributed by atoms with Gasteiger partial charge in [0.05, 0.1) is 0 Å². The topological polar surface area (TPSA) is 44.9 Å². The molecular weight excluding hydrogens is 188 g/mol. The fourth-order valence-corrected chi connectivity index (χ4v) is 1.06. The molecular formula is C9H13ClN2O. The monoisotopic (exact) mass is 200 g/mol. The van der Waals surface area contributed by atoms with Gasteiger partial charge in [0.2, 0.25) is 5.91 Å². The van der Waals surface area contributed by atoms with Crippen LogP contribution in [-0.4, -0.2) is 22.8 Å². The van der Waals surface area contributed by atoms with Crippen molar-refractivity contribution in [3.05, 3.63) is 24.0 Å². The van der Waals surface area contributed by atoms with Crippen LogP contribution in [0.3, 0.4) is 0 Å². The molecule has 0 spiro atoms. The second-order valence-corrected chi connectivity index (χ2v) is 3.51. The first-order valence-corrected chi connectivity index (χ1v) is 4.68. The summed E-state index contributed by atoms with van der Waals surface area (Å²) in [5, 5.41) is 2.27. The average Bonchev–Trinajstić information content (AvgIpc) is 2.56. The average molecular weight is 201 g/mol. The van der Waals surface area contributed by atoms with Crippen LogP contribution in [0.15, 0.2) is 18.3 Å². The quantitative estimate of drug-likeness (QED) is 0.708. The molecule has 1 aromatic heterocycles. The molecule has 72 valence electrons. The number of rotatable bonds is 4. The van der Waals surface area contributed by atoms with E-state index in [0.717, 1.165) is 12.1 Å². The molecule has 0 saturated carbocycles. The Labute approximate surface area is 82.5 Å². The molecule has 4 heteroatoms. The van der Waals surface area contributed by atoms with Gasteiger partial charge in [0.1, 0.15) is 5.38 Å². The van der Waals surface area contributed by atoms with E-state index in [1.807, 2.05) is 18.3 Å². The maximum atomic E-state index is 11.0. The van der Waals surface area contributed by atoms with Crippen LogP contribution in [0.2, 0.25) is 0 Å². The Morgan fingerprint density at radius 3 is 3.08 bits per heavy atom. The molecule has 0 aromatic carbocycles. The van der Waals surface area contributed by atoms with Crippen LogP contribution >= 0.6 is 11.6 Å². The molecule has 0 saturated heterocycles. The van der Waals surface area contributed by atoms with Gasteiger partial charge >= 0.3 is 0 Å². The Bertz CT molecular complexity index is 257. The molecule has 1 atom stereocenters. The van der Waals surface area contributed by atoms with Gasteiger partial charge in [-0.15, -0.1) is 11.6 Å². The first kappa shape index (κ1) is 10.1. The number of H-pyrrole nitrogens is 1. The van der Waals surface area contributed by atoms with Gasteiger partial charge in [0.25, 0.3) is 0 Å². The van der Waals surface area contributed by atoms with Crippen LogP contribution in [0.5, 0.6) is 0 Å². The van der Waals surface area contributed by atoms with Crippen LogP contribution in [0.4, 0.5) is 0 Å². The van der Waals surface area contributed by atoms with E-state index in [-0.39, 0.29) is 5.91 Å². The highest BCUT2D eigenvalue weighted by Crippen LogP contribution is 1.95. The Balaban J connectivity index is 2.18.